The largest absolute Gasteiger partial charge is 0.365 e. The molecule has 0 unspecified atom stereocenters. The first kappa shape index (κ1) is 13.9. The van der Waals surface area contributed by atoms with Gasteiger partial charge in [0.05, 0.1) is 11.0 Å². The number of aromatic amines is 1. The normalized spacial score (nSPS) is 27.9. The third kappa shape index (κ3) is 2.44. The van der Waals surface area contributed by atoms with Crippen LogP contribution in [0.25, 0.3) is 0 Å². The fraction of sp³-hybridized carbons (Fsp3) is 0.533. The molecule has 0 saturated carbocycles. The average Bonchev–Trinajstić information content (AvgIpc) is 3.25. The number of carbonyl (C=O) groups is 1. The Kier molecular flexibility index (Phi) is 3.46. The molecular weight excluding hydrogens is 300 g/mol. The zero-order chi connectivity index (χ0) is 15.1. The number of thiophene rings is 1. The highest BCUT2D eigenvalue weighted by Crippen LogP contribution is 2.40. The lowest BCUT2D eigenvalue weighted by molar-refractivity contribution is -0.00670. The van der Waals surface area contributed by atoms with Gasteiger partial charge in [0.2, 0.25) is 0 Å². The Morgan fingerprint density at radius 1 is 1.55 bits per heavy atom. The predicted octanol–water partition coefficient (Wildman–Crippen LogP) is 2.17. The molecule has 2 aliphatic rings. The number of hydrogen-bond acceptors (Lipinski definition) is 5. The number of ether oxygens (including phenoxy) is 1. The number of piperidine rings is 1. The minimum absolute atomic E-state index is 0.0447. The molecule has 2 saturated heterocycles. The van der Waals surface area contributed by atoms with Crippen molar-refractivity contribution in [2.45, 2.75) is 32.0 Å². The first-order valence-corrected chi connectivity index (χ1v) is 8.46. The summed E-state index contributed by atoms with van der Waals surface area (Å²) in [6, 6.07) is 3.80. The van der Waals surface area contributed by atoms with Gasteiger partial charge in [-0.25, -0.2) is 4.98 Å². The van der Waals surface area contributed by atoms with Crippen LogP contribution >= 0.6 is 11.3 Å². The van der Waals surface area contributed by atoms with Gasteiger partial charge in [0, 0.05) is 13.1 Å². The first-order valence-electron chi connectivity index (χ1n) is 7.58. The molecule has 2 aromatic rings. The molecule has 0 bridgehead atoms. The van der Waals surface area contributed by atoms with Crippen molar-refractivity contribution in [3.8, 4) is 0 Å². The van der Waals surface area contributed by atoms with Crippen molar-refractivity contribution in [3.05, 3.63) is 34.0 Å². The van der Waals surface area contributed by atoms with Gasteiger partial charge in [-0.05, 0) is 37.1 Å². The van der Waals surface area contributed by atoms with Crippen LogP contribution in [0.5, 0.6) is 0 Å². The third-order valence-electron chi connectivity index (χ3n) is 4.47. The van der Waals surface area contributed by atoms with Crippen molar-refractivity contribution in [1.29, 1.82) is 0 Å². The molecule has 4 heterocycles. The molecular formula is C15H18N4O2S. The first-order chi connectivity index (χ1) is 10.7. The molecule has 2 aliphatic heterocycles. The number of hydrogen-bond donors (Lipinski definition) is 1. The molecule has 0 aliphatic carbocycles. The van der Waals surface area contributed by atoms with Gasteiger partial charge in [-0.3, -0.25) is 9.89 Å². The Morgan fingerprint density at radius 3 is 3.18 bits per heavy atom. The van der Waals surface area contributed by atoms with Gasteiger partial charge in [-0.2, -0.15) is 5.10 Å². The summed E-state index contributed by atoms with van der Waals surface area (Å²) in [4.78, 5) is 19.5. The Labute approximate surface area is 132 Å². The topological polar surface area (TPSA) is 71.1 Å². The fourth-order valence-corrected chi connectivity index (χ4v) is 4.03. The zero-order valence-corrected chi connectivity index (χ0v) is 13.2. The van der Waals surface area contributed by atoms with Gasteiger partial charge < -0.3 is 9.64 Å². The van der Waals surface area contributed by atoms with Crippen molar-refractivity contribution in [1.82, 2.24) is 20.1 Å². The number of rotatable bonds is 2. The van der Waals surface area contributed by atoms with Crippen molar-refractivity contribution in [2.75, 3.05) is 13.1 Å². The number of aromatic nitrogens is 3. The van der Waals surface area contributed by atoms with E-state index in [-0.39, 0.29) is 18.1 Å². The molecule has 1 amide bonds. The minimum atomic E-state index is -0.0447. The number of amides is 1. The molecule has 2 aromatic heterocycles. The number of H-pyrrole nitrogens is 1. The maximum atomic E-state index is 12.5. The third-order valence-corrected chi connectivity index (χ3v) is 5.33. The maximum absolute atomic E-state index is 12.5. The predicted molar refractivity (Wildman–Crippen MR) is 81.7 cm³/mol. The van der Waals surface area contributed by atoms with E-state index in [0.717, 1.165) is 35.9 Å². The second-order valence-corrected chi connectivity index (χ2v) is 6.90. The fourth-order valence-electron chi connectivity index (χ4n) is 3.34. The van der Waals surface area contributed by atoms with Crippen molar-refractivity contribution >= 4 is 17.2 Å². The molecule has 22 heavy (non-hydrogen) atoms. The van der Waals surface area contributed by atoms with E-state index in [0.29, 0.717) is 12.5 Å². The van der Waals surface area contributed by atoms with E-state index >= 15 is 0 Å². The van der Waals surface area contributed by atoms with E-state index in [1.807, 2.05) is 29.3 Å². The summed E-state index contributed by atoms with van der Waals surface area (Å²) in [5.74, 6) is 2.16. The Hall–Kier alpha value is -1.73. The van der Waals surface area contributed by atoms with Crippen molar-refractivity contribution in [2.24, 2.45) is 5.92 Å². The van der Waals surface area contributed by atoms with Crippen molar-refractivity contribution in [3.63, 3.8) is 0 Å². The van der Waals surface area contributed by atoms with Crippen molar-refractivity contribution < 1.29 is 9.53 Å². The molecule has 0 radical (unpaired) electrons. The molecule has 2 fully saturated rings. The average molecular weight is 318 g/mol. The molecule has 6 nitrogen and oxygen atoms in total. The van der Waals surface area contributed by atoms with E-state index in [4.69, 9.17) is 4.74 Å². The van der Waals surface area contributed by atoms with Gasteiger partial charge >= 0.3 is 0 Å². The van der Waals surface area contributed by atoms with E-state index in [1.54, 1.807) is 0 Å². The van der Waals surface area contributed by atoms with Crippen LogP contribution in [-0.4, -0.2) is 45.2 Å². The number of carbonyl (C=O) groups excluding carboxylic acids is 1. The van der Waals surface area contributed by atoms with Gasteiger partial charge in [0.15, 0.2) is 5.82 Å². The number of aryl methyl sites for hydroxylation is 1. The van der Waals surface area contributed by atoms with Gasteiger partial charge in [0.1, 0.15) is 11.9 Å². The van der Waals surface area contributed by atoms with Crippen LogP contribution in [0, 0.1) is 12.8 Å². The molecule has 0 spiro atoms. The van der Waals surface area contributed by atoms with E-state index < -0.39 is 0 Å². The Morgan fingerprint density at radius 2 is 2.45 bits per heavy atom. The zero-order valence-electron chi connectivity index (χ0n) is 12.4. The summed E-state index contributed by atoms with van der Waals surface area (Å²) in [6.45, 7) is 3.36. The Balaban J connectivity index is 1.44. The second-order valence-electron chi connectivity index (χ2n) is 5.96. The molecule has 0 aromatic carbocycles. The number of nitrogens with one attached hydrogen (secondary N) is 1. The van der Waals surface area contributed by atoms with Crippen LogP contribution < -0.4 is 0 Å². The lowest BCUT2D eigenvalue weighted by atomic mass is 9.91. The van der Waals surface area contributed by atoms with Crippen LogP contribution in [0.1, 0.15) is 40.3 Å². The van der Waals surface area contributed by atoms with Crippen LogP contribution in [0.15, 0.2) is 17.5 Å². The summed E-state index contributed by atoms with van der Waals surface area (Å²) in [5, 5.41) is 9.02. The molecule has 3 atom stereocenters. The van der Waals surface area contributed by atoms with Crippen LogP contribution in [-0.2, 0) is 4.74 Å². The summed E-state index contributed by atoms with van der Waals surface area (Å²) in [6.07, 6.45) is 1.99. The highest BCUT2D eigenvalue weighted by Gasteiger charge is 2.42. The van der Waals surface area contributed by atoms with E-state index in [9.17, 15) is 4.79 Å². The van der Waals surface area contributed by atoms with E-state index in [1.165, 1.54) is 11.3 Å². The lowest BCUT2D eigenvalue weighted by Crippen LogP contribution is -2.45. The highest BCUT2D eigenvalue weighted by molar-refractivity contribution is 7.12. The van der Waals surface area contributed by atoms with Gasteiger partial charge in [-0.15, -0.1) is 11.3 Å². The highest BCUT2D eigenvalue weighted by atomic mass is 32.1. The van der Waals surface area contributed by atoms with Gasteiger partial charge in [0.25, 0.3) is 5.91 Å². The summed E-state index contributed by atoms with van der Waals surface area (Å²) < 4.78 is 6.13. The second kappa shape index (κ2) is 5.48. The number of likely N-dealkylation sites (tertiary alicyclic amines) is 1. The Bertz CT molecular complexity index is 669. The van der Waals surface area contributed by atoms with Crippen LogP contribution in [0.4, 0.5) is 0 Å². The minimum Gasteiger partial charge on any atom is -0.365 e. The molecule has 7 heteroatoms. The van der Waals surface area contributed by atoms with Gasteiger partial charge in [-0.1, -0.05) is 6.07 Å². The number of nitrogens with zero attached hydrogens (tertiary/aromatic N) is 3. The molecule has 4 rings (SSSR count). The smallest absolute Gasteiger partial charge is 0.264 e. The maximum Gasteiger partial charge on any atom is 0.264 e. The molecule has 1 N–H and O–H groups in total. The van der Waals surface area contributed by atoms with Crippen LogP contribution in [0.3, 0.4) is 0 Å². The quantitative estimate of drug-likeness (QED) is 0.921. The summed E-state index contributed by atoms with van der Waals surface area (Å²) in [7, 11) is 0. The standard InChI is InChI=1S/C15H18N4O2S/c1-9-16-14(18-17-9)11-7-10-4-5-19(8-12(10)21-11)15(20)13-3-2-6-22-13/h2-3,6,10-12H,4-5,7-8H2,1H3,(H,16,17,18)/t10-,11+,12+/m0/s1. The molecule has 116 valence electrons. The van der Waals surface area contributed by atoms with E-state index in [2.05, 4.69) is 15.2 Å². The number of fused-ring (bicyclic) bond motifs is 1. The lowest BCUT2D eigenvalue weighted by Gasteiger charge is -2.33. The monoisotopic (exact) mass is 318 g/mol. The summed E-state index contributed by atoms with van der Waals surface area (Å²) in [5.41, 5.74) is 0. The van der Waals surface area contributed by atoms with Crippen LogP contribution in [0.2, 0.25) is 0 Å². The summed E-state index contributed by atoms with van der Waals surface area (Å²) >= 11 is 1.49. The SMILES string of the molecule is Cc1nc([C@H]2C[C@@H]3CCN(C(=O)c4cccs4)C[C@H]3O2)n[nH]1.